The van der Waals surface area contributed by atoms with Crippen molar-refractivity contribution in [2.75, 3.05) is 26.2 Å². The largest absolute Gasteiger partial charge is 0.573 e. The quantitative estimate of drug-likeness (QED) is 0.808. The fourth-order valence-electron chi connectivity index (χ4n) is 3.18. The summed E-state index contributed by atoms with van der Waals surface area (Å²) < 4.78 is 45.9. The molecule has 0 radical (unpaired) electrons. The standard InChI is InChI=1S/C19H21F3N2O3/c1-13-11-17(14(2)26-13)18(25)24-9-7-23(8-10-24)12-15-3-5-16(6-4-15)27-19(20,21)22/h3-6,11H,7-10,12H2,1-2H3. The fourth-order valence-corrected chi connectivity index (χ4v) is 3.18. The summed E-state index contributed by atoms with van der Waals surface area (Å²) in [5.41, 5.74) is 1.49. The van der Waals surface area contributed by atoms with Gasteiger partial charge < -0.3 is 14.1 Å². The van der Waals surface area contributed by atoms with Crippen molar-refractivity contribution in [2.45, 2.75) is 26.8 Å². The summed E-state index contributed by atoms with van der Waals surface area (Å²) in [6.07, 6.45) is -4.68. The van der Waals surface area contributed by atoms with Crippen LogP contribution < -0.4 is 4.74 Å². The van der Waals surface area contributed by atoms with Gasteiger partial charge in [0, 0.05) is 32.7 Å². The molecular weight excluding hydrogens is 361 g/mol. The lowest BCUT2D eigenvalue weighted by Gasteiger charge is -2.34. The number of amides is 1. The molecule has 8 heteroatoms. The number of alkyl halides is 3. The zero-order chi connectivity index (χ0) is 19.6. The molecule has 1 aromatic carbocycles. The van der Waals surface area contributed by atoms with E-state index in [9.17, 15) is 18.0 Å². The van der Waals surface area contributed by atoms with E-state index in [-0.39, 0.29) is 11.7 Å². The predicted molar refractivity (Wildman–Crippen MR) is 92.5 cm³/mol. The van der Waals surface area contributed by atoms with Crippen LogP contribution in [-0.4, -0.2) is 48.2 Å². The first-order valence-electron chi connectivity index (χ1n) is 8.64. The summed E-state index contributed by atoms with van der Waals surface area (Å²) in [6.45, 7) is 6.79. The third-order valence-electron chi connectivity index (χ3n) is 4.49. The molecule has 2 heterocycles. The monoisotopic (exact) mass is 382 g/mol. The number of carbonyl (C=O) groups excluding carboxylic acids is 1. The van der Waals surface area contributed by atoms with Gasteiger partial charge in [-0.1, -0.05) is 12.1 Å². The van der Waals surface area contributed by atoms with E-state index in [1.165, 1.54) is 12.1 Å². The lowest BCUT2D eigenvalue weighted by atomic mass is 10.1. The number of carbonyl (C=O) groups is 1. The number of hydrogen-bond donors (Lipinski definition) is 0. The molecule has 3 rings (SSSR count). The molecule has 0 N–H and O–H groups in total. The molecule has 0 atom stereocenters. The van der Waals surface area contributed by atoms with Gasteiger partial charge in [-0.25, -0.2) is 0 Å². The van der Waals surface area contributed by atoms with Gasteiger partial charge >= 0.3 is 6.36 Å². The van der Waals surface area contributed by atoms with Gasteiger partial charge in [0.1, 0.15) is 17.3 Å². The number of halogens is 3. The molecule has 1 saturated heterocycles. The van der Waals surface area contributed by atoms with Crippen molar-refractivity contribution in [1.82, 2.24) is 9.80 Å². The molecular formula is C19H21F3N2O3. The van der Waals surface area contributed by atoms with E-state index in [1.54, 1.807) is 30.0 Å². The van der Waals surface area contributed by atoms with Crippen LogP contribution in [0.15, 0.2) is 34.7 Å². The Morgan fingerprint density at radius 1 is 1.11 bits per heavy atom. The van der Waals surface area contributed by atoms with Gasteiger partial charge in [-0.2, -0.15) is 0 Å². The maximum Gasteiger partial charge on any atom is 0.573 e. The van der Waals surface area contributed by atoms with Crippen molar-refractivity contribution in [2.24, 2.45) is 0 Å². The molecule has 1 aliphatic rings. The predicted octanol–water partition coefficient (Wildman–Crippen LogP) is 3.75. The Balaban J connectivity index is 1.52. The molecule has 5 nitrogen and oxygen atoms in total. The molecule has 27 heavy (non-hydrogen) atoms. The van der Waals surface area contributed by atoms with Crippen LogP contribution >= 0.6 is 0 Å². The Morgan fingerprint density at radius 3 is 2.26 bits per heavy atom. The first-order chi connectivity index (χ1) is 12.7. The number of aryl methyl sites for hydroxylation is 2. The highest BCUT2D eigenvalue weighted by molar-refractivity contribution is 5.95. The SMILES string of the molecule is Cc1cc(C(=O)N2CCN(Cc3ccc(OC(F)(F)F)cc3)CC2)c(C)o1. The highest BCUT2D eigenvalue weighted by Gasteiger charge is 2.31. The molecule has 1 aromatic heterocycles. The van der Waals surface area contributed by atoms with Crippen molar-refractivity contribution in [1.29, 1.82) is 0 Å². The second-order valence-corrected chi connectivity index (χ2v) is 6.59. The molecule has 0 spiro atoms. The molecule has 1 amide bonds. The van der Waals surface area contributed by atoms with Gasteiger partial charge in [0.15, 0.2) is 0 Å². The third-order valence-corrected chi connectivity index (χ3v) is 4.49. The summed E-state index contributed by atoms with van der Waals surface area (Å²) in [7, 11) is 0. The summed E-state index contributed by atoms with van der Waals surface area (Å²) in [5.74, 6) is 1.08. The van der Waals surface area contributed by atoms with Gasteiger partial charge in [0.05, 0.1) is 5.56 Å². The molecule has 0 aliphatic carbocycles. The fraction of sp³-hybridized carbons (Fsp3) is 0.421. The van der Waals surface area contributed by atoms with E-state index in [0.29, 0.717) is 49.8 Å². The minimum absolute atomic E-state index is 0.0300. The Hall–Kier alpha value is -2.48. The first-order valence-corrected chi connectivity index (χ1v) is 8.64. The maximum atomic E-state index is 12.6. The molecule has 0 saturated carbocycles. The van der Waals surface area contributed by atoms with Gasteiger partial charge in [-0.05, 0) is 37.6 Å². The molecule has 1 fully saturated rings. The molecule has 0 unspecified atom stereocenters. The number of benzene rings is 1. The molecule has 0 bridgehead atoms. The minimum Gasteiger partial charge on any atom is -0.466 e. The van der Waals surface area contributed by atoms with Crippen LogP contribution in [0, 0.1) is 13.8 Å². The zero-order valence-electron chi connectivity index (χ0n) is 15.2. The highest BCUT2D eigenvalue weighted by atomic mass is 19.4. The summed E-state index contributed by atoms with van der Waals surface area (Å²) in [4.78, 5) is 16.6. The Bertz CT molecular complexity index is 792. The third kappa shape index (κ3) is 5.03. The smallest absolute Gasteiger partial charge is 0.466 e. The summed E-state index contributed by atoms with van der Waals surface area (Å²) >= 11 is 0. The second-order valence-electron chi connectivity index (χ2n) is 6.59. The van der Waals surface area contributed by atoms with E-state index >= 15 is 0 Å². The van der Waals surface area contributed by atoms with Crippen LogP contribution in [0.4, 0.5) is 13.2 Å². The topological polar surface area (TPSA) is 45.9 Å². The summed E-state index contributed by atoms with van der Waals surface area (Å²) in [6, 6.07) is 7.63. The van der Waals surface area contributed by atoms with Crippen molar-refractivity contribution in [3.05, 3.63) is 53.0 Å². The highest BCUT2D eigenvalue weighted by Crippen LogP contribution is 2.23. The summed E-state index contributed by atoms with van der Waals surface area (Å²) in [5, 5.41) is 0. The van der Waals surface area contributed by atoms with E-state index in [0.717, 1.165) is 5.56 Å². The number of ether oxygens (including phenoxy) is 1. The normalized spacial score (nSPS) is 15.8. The second kappa shape index (κ2) is 7.64. The van der Waals surface area contributed by atoms with Crippen LogP contribution in [0.25, 0.3) is 0 Å². The van der Waals surface area contributed by atoms with E-state index in [1.807, 2.05) is 6.92 Å². The Morgan fingerprint density at radius 2 is 1.74 bits per heavy atom. The van der Waals surface area contributed by atoms with Crippen molar-refractivity contribution < 1.29 is 27.1 Å². The maximum absolute atomic E-state index is 12.6. The molecule has 2 aromatic rings. The van der Waals surface area contributed by atoms with Crippen LogP contribution in [0.5, 0.6) is 5.75 Å². The van der Waals surface area contributed by atoms with Gasteiger partial charge in [-0.3, -0.25) is 9.69 Å². The average Bonchev–Trinajstić information content (AvgIpc) is 2.94. The van der Waals surface area contributed by atoms with Crippen molar-refractivity contribution in [3.63, 3.8) is 0 Å². The van der Waals surface area contributed by atoms with Gasteiger partial charge in [-0.15, -0.1) is 13.2 Å². The van der Waals surface area contributed by atoms with Crippen molar-refractivity contribution in [3.8, 4) is 5.75 Å². The Kier molecular flexibility index (Phi) is 5.46. The van der Waals surface area contributed by atoms with Gasteiger partial charge in [0.2, 0.25) is 0 Å². The lowest BCUT2D eigenvalue weighted by Crippen LogP contribution is -2.48. The van der Waals surface area contributed by atoms with Crippen LogP contribution in [0.2, 0.25) is 0 Å². The lowest BCUT2D eigenvalue weighted by molar-refractivity contribution is -0.274. The first kappa shape index (κ1) is 19.3. The Labute approximate surface area is 155 Å². The number of rotatable bonds is 4. The van der Waals surface area contributed by atoms with Crippen LogP contribution in [0.3, 0.4) is 0 Å². The zero-order valence-corrected chi connectivity index (χ0v) is 15.2. The number of nitrogens with zero attached hydrogens (tertiary/aromatic N) is 2. The van der Waals surface area contributed by atoms with Crippen LogP contribution in [-0.2, 0) is 6.54 Å². The van der Waals surface area contributed by atoms with Crippen molar-refractivity contribution >= 4 is 5.91 Å². The van der Waals surface area contributed by atoms with Crippen LogP contribution in [0.1, 0.15) is 27.4 Å². The molecule has 1 aliphatic heterocycles. The minimum atomic E-state index is -4.68. The average molecular weight is 382 g/mol. The number of hydrogen-bond acceptors (Lipinski definition) is 4. The van der Waals surface area contributed by atoms with E-state index in [2.05, 4.69) is 9.64 Å². The number of piperazine rings is 1. The van der Waals surface area contributed by atoms with Gasteiger partial charge in [0.25, 0.3) is 5.91 Å². The van der Waals surface area contributed by atoms with E-state index in [4.69, 9.17) is 4.42 Å². The molecule has 146 valence electrons. The number of furan rings is 1. The van der Waals surface area contributed by atoms with E-state index < -0.39 is 6.36 Å².